The zero-order valence-electron chi connectivity index (χ0n) is 15.6. The van der Waals surface area contributed by atoms with Gasteiger partial charge in [-0.05, 0) is 22.6 Å². The molecule has 2 aromatic rings. The fraction of sp³-hybridized carbons (Fsp3) is 0.300. The van der Waals surface area contributed by atoms with E-state index in [0.717, 1.165) is 18.2 Å². The van der Waals surface area contributed by atoms with Crippen LogP contribution in [0.25, 0.3) is 0 Å². The largest absolute Gasteiger partial charge is 0.465 e. The molecule has 0 radical (unpaired) electrons. The molecule has 2 rings (SSSR count). The molecule has 0 saturated carbocycles. The van der Waals surface area contributed by atoms with Crippen LogP contribution in [0.2, 0.25) is 0 Å². The van der Waals surface area contributed by atoms with Gasteiger partial charge in [0, 0.05) is 6.07 Å². The molecule has 0 heterocycles. The Labute approximate surface area is 156 Å². The molecule has 0 spiro atoms. The number of hydrogen-bond donors (Lipinski definition) is 1. The summed E-state index contributed by atoms with van der Waals surface area (Å²) in [4.78, 5) is 23.6. The number of methoxy groups -OCH3 is 1. The molecule has 0 unspecified atom stereocenters. The Morgan fingerprint density at radius 1 is 1.04 bits per heavy atom. The van der Waals surface area contributed by atoms with Gasteiger partial charge in [-0.1, -0.05) is 45.0 Å². The number of benzene rings is 2. The standard InChI is InChI=1S/C20H21F2NO4/c1-20(2,3)13-7-5-12(6-8-13)11-27-19(25)23-17-10-16(22)15(21)9-14(17)18(24)26-4/h5-10H,11H2,1-4H3,(H,23,25). The third kappa shape index (κ3) is 5.26. The number of carbonyl (C=O) groups excluding carboxylic acids is 2. The highest BCUT2D eigenvalue weighted by molar-refractivity contribution is 5.99. The van der Waals surface area contributed by atoms with Gasteiger partial charge < -0.3 is 9.47 Å². The van der Waals surface area contributed by atoms with E-state index < -0.39 is 23.7 Å². The van der Waals surface area contributed by atoms with Crippen LogP contribution in [0, 0.1) is 11.6 Å². The van der Waals surface area contributed by atoms with E-state index in [-0.39, 0.29) is 23.3 Å². The summed E-state index contributed by atoms with van der Waals surface area (Å²) in [5, 5.41) is 2.23. The van der Waals surface area contributed by atoms with E-state index in [0.29, 0.717) is 12.1 Å². The summed E-state index contributed by atoms with van der Waals surface area (Å²) in [6.45, 7) is 6.25. The van der Waals surface area contributed by atoms with Crippen LogP contribution in [-0.2, 0) is 21.5 Å². The fourth-order valence-corrected chi connectivity index (χ4v) is 2.32. The molecule has 0 aliphatic heterocycles. The first-order valence-electron chi connectivity index (χ1n) is 8.22. The van der Waals surface area contributed by atoms with Gasteiger partial charge in [0.15, 0.2) is 11.6 Å². The minimum Gasteiger partial charge on any atom is -0.465 e. The van der Waals surface area contributed by atoms with E-state index in [2.05, 4.69) is 30.8 Å². The lowest BCUT2D eigenvalue weighted by molar-refractivity contribution is 0.0601. The second-order valence-corrected chi connectivity index (χ2v) is 6.95. The van der Waals surface area contributed by atoms with Crippen molar-refractivity contribution in [3.05, 3.63) is 64.7 Å². The Hall–Kier alpha value is -2.96. The number of esters is 1. The van der Waals surface area contributed by atoms with Crippen molar-refractivity contribution >= 4 is 17.7 Å². The maximum Gasteiger partial charge on any atom is 0.411 e. The molecule has 144 valence electrons. The molecule has 0 bridgehead atoms. The molecule has 1 N–H and O–H groups in total. The van der Waals surface area contributed by atoms with Gasteiger partial charge in [0.1, 0.15) is 6.61 Å². The zero-order valence-corrected chi connectivity index (χ0v) is 15.6. The van der Waals surface area contributed by atoms with Crippen LogP contribution in [0.1, 0.15) is 42.3 Å². The highest BCUT2D eigenvalue weighted by Crippen LogP contribution is 2.23. The third-order valence-corrected chi connectivity index (χ3v) is 3.89. The van der Waals surface area contributed by atoms with Crippen molar-refractivity contribution in [2.45, 2.75) is 32.8 Å². The van der Waals surface area contributed by atoms with E-state index in [1.807, 2.05) is 24.3 Å². The molecule has 0 fully saturated rings. The number of amides is 1. The summed E-state index contributed by atoms with van der Waals surface area (Å²) in [5.74, 6) is -3.36. The monoisotopic (exact) mass is 377 g/mol. The lowest BCUT2D eigenvalue weighted by Crippen LogP contribution is -2.17. The predicted molar refractivity (Wildman–Crippen MR) is 96.6 cm³/mol. The normalized spacial score (nSPS) is 11.0. The molecule has 0 atom stereocenters. The van der Waals surface area contributed by atoms with Gasteiger partial charge in [-0.2, -0.15) is 0 Å². The van der Waals surface area contributed by atoms with E-state index >= 15 is 0 Å². The fourth-order valence-electron chi connectivity index (χ4n) is 2.32. The molecule has 2 aromatic carbocycles. The van der Waals surface area contributed by atoms with Crippen LogP contribution in [0.3, 0.4) is 0 Å². The van der Waals surface area contributed by atoms with E-state index in [4.69, 9.17) is 4.74 Å². The van der Waals surface area contributed by atoms with Crippen molar-refractivity contribution in [2.24, 2.45) is 0 Å². The van der Waals surface area contributed by atoms with E-state index in [9.17, 15) is 18.4 Å². The SMILES string of the molecule is COC(=O)c1cc(F)c(F)cc1NC(=O)OCc1ccc(C(C)(C)C)cc1. The summed E-state index contributed by atoms with van der Waals surface area (Å²) in [6.07, 6.45) is -0.911. The van der Waals surface area contributed by atoms with E-state index in [1.54, 1.807) is 0 Å². The molecule has 0 aromatic heterocycles. The van der Waals surface area contributed by atoms with E-state index in [1.165, 1.54) is 0 Å². The summed E-state index contributed by atoms with van der Waals surface area (Å²) in [5.41, 5.74) is 1.35. The molecule has 0 aliphatic rings. The predicted octanol–water partition coefficient (Wildman–Crippen LogP) is 4.80. The third-order valence-electron chi connectivity index (χ3n) is 3.89. The number of halogens is 2. The summed E-state index contributed by atoms with van der Waals surface area (Å²) >= 11 is 0. The average molecular weight is 377 g/mol. The quantitative estimate of drug-likeness (QED) is 0.778. The summed E-state index contributed by atoms with van der Waals surface area (Å²) in [7, 11) is 1.09. The molecule has 5 nitrogen and oxygen atoms in total. The second kappa shape index (κ2) is 8.16. The lowest BCUT2D eigenvalue weighted by Gasteiger charge is -2.19. The van der Waals surface area contributed by atoms with Crippen molar-refractivity contribution < 1.29 is 27.8 Å². The minimum absolute atomic E-state index is 0.00764. The van der Waals surface area contributed by atoms with Crippen LogP contribution < -0.4 is 5.32 Å². The highest BCUT2D eigenvalue weighted by atomic mass is 19.2. The topological polar surface area (TPSA) is 64.6 Å². The average Bonchev–Trinajstić information content (AvgIpc) is 2.61. The van der Waals surface area contributed by atoms with Crippen LogP contribution in [-0.4, -0.2) is 19.2 Å². The number of carbonyl (C=O) groups is 2. The lowest BCUT2D eigenvalue weighted by atomic mass is 9.87. The molecular formula is C20H21F2NO4. The Bertz CT molecular complexity index is 842. The zero-order chi connectivity index (χ0) is 20.2. The second-order valence-electron chi connectivity index (χ2n) is 6.95. The Morgan fingerprint density at radius 2 is 1.63 bits per heavy atom. The van der Waals surface area contributed by atoms with Gasteiger partial charge in [-0.25, -0.2) is 18.4 Å². The minimum atomic E-state index is -1.23. The van der Waals surface area contributed by atoms with Gasteiger partial charge in [0.05, 0.1) is 18.4 Å². The molecular weight excluding hydrogens is 356 g/mol. The van der Waals surface area contributed by atoms with Crippen LogP contribution >= 0.6 is 0 Å². The van der Waals surface area contributed by atoms with Crippen LogP contribution in [0.15, 0.2) is 36.4 Å². The number of hydrogen-bond acceptors (Lipinski definition) is 4. The first-order valence-corrected chi connectivity index (χ1v) is 8.22. The summed E-state index contributed by atoms with van der Waals surface area (Å²) in [6, 6.07) is 8.92. The van der Waals surface area contributed by atoms with Crippen LogP contribution in [0.5, 0.6) is 0 Å². The van der Waals surface area contributed by atoms with Crippen molar-refractivity contribution in [1.29, 1.82) is 0 Å². The van der Waals surface area contributed by atoms with Gasteiger partial charge in [-0.3, -0.25) is 5.32 Å². The smallest absolute Gasteiger partial charge is 0.411 e. The number of nitrogens with one attached hydrogen (secondary N) is 1. The Kier molecular flexibility index (Phi) is 6.15. The first kappa shape index (κ1) is 20.4. The molecule has 0 aliphatic carbocycles. The Morgan fingerprint density at radius 3 is 2.19 bits per heavy atom. The maximum atomic E-state index is 13.4. The number of ether oxygens (including phenoxy) is 2. The first-order chi connectivity index (χ1) is 12.6. The van der Waals surface area contributed by atoms with Gasteiger partial charge in [0.2, 0.25) is 0 Å². The van der Waals surface area contributed by atoms with Crippen LogP contribution in [0.4, 0.5) is 19.3 Å². The number of rotatable bonds is 4. The number of anilines is 1. The maximum absolute atomic E-state index is 13.4. The molecule has 1 amide bonds. The summed E-state index contributed by atoms with van der Waals surface area (Å²) < 4.78 is 36.4. The van der Waals surface area contributed by atoms with Gasteiger partial charge in [-0.15, -0.1) is 0 Å². The Balaban J connectivity index is 2.06. The van der Waals surface area contributed by atoms with Gasteiger partial charge in [0.25, 0.3) is 0 Å². The molecule has 7 heteroatoms. The molecule has 27 heavy (non-hydrogen) atoms. The van der Waals surface area contributed by atoms with Gasteiger partial charge >= 0.3 is 12.1 Å². The van der Waals surface area contributed by atoms with Crippen molar-refractivity contribution in [3.8, 4) is 0 Å². The van der Waals surface area contributed by atoms with Crippen molar-refractivity contribution in [2.75, 3.05) is 12.4 Å². The van der Waals surface area contributed by atoms with Crippen molar-refractivity contribution in [1.82, 2.24) is 0 Å². The highest BCUT2D eigenvalue weighted by Gasteiger charge is 2.19. The van der Waals surface area contributed by atoms with Crippen molar-refractivity contribution in [3.63, 3.8) is 0 Å². The molecule has 0 saturated heterocycles.